The molecule has 2 heterocycles. The Morgan fingerprint density at radius 1 is 1.04 bits per heavy atom. The fourth-order valence-electron chi connectivity index (χ4n) is 4.58. The van der Waals surface area contributed by atoms with Crippen LogP contribution in [0.1, 0.15) is 37.7 Å². The van der Waals surface area contributed by atoms with Gasteiger partial charge in [-0.1, -0.05) is 36.8 Å². The standard InChI is InChI=1S/C22H25F2N3O/c23-16-9-10-21(20(24)11-16)26-22(28)25-17-12-18-7-4-8-19(13-17)27(18)14-15-5-2-1-3-6-15/h1-3,5-6,9-11,17-19H,4,7-8,12-14H2,(H2,25,26,28)/t17?,18-,19+. The monoisotopic (exact) mass is 385 g/mol. The lowest BCUT2D eigenvalue weighted by Crippen LogP contribution is -2.56. The van der Waals surface area contributed by atoms with Gasteiger partial charge in [0.25, 0.3) is 0 Å². The Bertz CT molecular complexity index is 816. The Kier molecular flexibility index (Phi) is 5.57. The van der Waals surface area contributed by atoms with E-state index in [1.807, 2.05) is 6.07 Å². The molecule has 0 aromatic heterocycles. The summed E-state index contributed by atoms with van der Waals surface area (Å²) in [5.74, 6) is -1.44. The summed E-state index contributed by atoms with van der Waals surface area (Å²) >= 11 is 0. The molecule has 148 valence electrons. The summed E-state index contributed by atoms with van der Waals surface area (Å²) in [6, 6.07) is 14.1. The van der Waals surface area contributed by atoms with Crippen molar-refractivity contribution in [2.24, 2.45) is 0 Å². The van der Waals surface area contributed by atoms with Gasteiger partial charge in [0.15, 0.2) is 0 Å². The van der Waals surface area contributed by atoms with Crippen molar-refractivity contribution in [3.63, 3.8) is 0 Å². The number of halogens is 2. The molecule has 2 N–H and O–H groups in total. The third kappa shape index (κ3) is 4.33. The van der Waals surface area contributed by atoms with Crippen LogP contribution in [-0.4, -0.2) is 29.1 Å². The molecule has 4 nitrogen and oxygen atoms in total. The lowest BCUT2D eigenvalue weighted by molar-refractivity contribution is 0.0200. The smallest absolute Gasteiger partial charge is 0.319 e. The predicted molar refractivity (Wildman–Crippen MR) is 105 cm³/mol. The molecule has 2 aromatic carbocycles. The van der Waals surface area contributed by atoms with Gasteiger partial charge >= 0.3 is 6.03 Å². The fraction of sp³-hybridized carbons (Fsp3) is 0.409. The first-order valence-electron chi connectivity index (χ1n) is 9.91. The number of benzene rings is 2. The van der Waals surface area contributed by atoms with Gasteiger partial charge in [0.1, 0.15) is 11.6 Å². The molecule has 1 unspecified atom stereocenters. The third-order valence-electron chi connectivity index (χ3n) is 5.85. The minimum absolute atomic E-state index is 0.0133. The number of rotatable bonds is 4. The number of anilines is 1. The summed E-state index contributed by atoms with van der Waals surface area (Å²) in [4.78, 5) is 14.9. The molecule has 0 radical (unpaired) electrons. The first-order valence-corrected chi connectivity index (χ1v) is 9.91. The van der Waals surface area contributed by atoms with Crippen molar-refractivity contribution < 1.29 is 13.6 Å². The van der Waals surface area contributed by atoms with Crippen LogP contribution in [0.25, 0.3) is 0 Å². The lowest BCUT2D eigenvalue weighted by atomic mass is 9.81. The van der Waals surface area contributed by atoms with Crippen LogP contribution < -0.4 is 10.6 Å². The molecular weight excluding hydrogens is 360 g/mol. The fourth-order valence-corrected chi connectivity index (χ4v) is 4.58. The van der Waals surface area contributed by atoms with E-state index in [0.29, 0.717) is 12.1 Å². The maximum Gasteiger partial charge on any atom is 0.319 e. The highest BCUT2D eigenvalue weighted by Gasteiger charge is 2.38. The summed E-state index contributed by atoms with van der Waals surface area (Å²) in [5, 5.41) is 5.48. The van der Waals surface area contributed by atoms with E-state index in [1.54, 1.807) is 0 Å². The Labute approximate surface area is 163 Å². The Balaban J connectivity index is 1.36. The largest absolute Gasteiger partial charge is 0.335 e. The molecule has 4 rings (SSSR count). The van der Waals surface area contributed by atoms with Gasteiger partial charge in [-0.15, -0.1) is 0 Å². The zero-order valence-electron chi connectivity index (χ0n) is 15.7. The van der Waals surface area contributed by atoms with Gasteiger partial charge in [0, 0.05) is 30.7 Å². The maximum atomic E-state index is 13.7. The van der Waals surface area contributed by atoms with E-state index in [1.165, 1.54) is 18.1 Å². The van der Waals surface area contributed by atoms with Crippen LogP contribution in [0.5, 0.6) is 0 Å². The van der Waals surface area contributed by atoms with Crippen LogP contribution in [-0.2, 0) is 6.54 Å². The van der Waals surface area contributed by atoms with Gasteiger partial charge in [-0.05, 0) is 43.4 Å². The zero-order chi connectivity index (χ0) is 19.5. The second kappa shape index (κ2) is 8.27. The van der Waals surface area contributed by atoms with Crippen LogP contribution in [0.15, 0.2) is 48.5 Å². The van der Waals surface area contributed by atoms with Crippen LogP contribution >= 0.6 is 0 Å². The topological polar surface area (TPSA) is 44.4 Å². The summed E-state index contributed by atoms with van der Waals surface area (Å²) in [5.41, 5.74) is 1.30. The molecule has 0 saturated carbocycles. The maximum absolute atomic E-state index is 13.7. The molecule has 2 amide bonds. The lowest BCUT2D eigenvalue weighted by Gasteiger charge is -2.49. The number of carbonyl (C=O) groups is 1. The molecule has 3 atom stereocenters. The van der Waals surface area contributed by atoms with Gasteiger partial charge in [-0.25, -0.2) is 13.6 Å². The summed E-state index contributed by atoms with van der Waals surface area (Å²) in [6.07, 6.45) is 5.27. The number of nitrogens with zero attached hydrogens (tertiary/aromatic N) is 1. The van der Waals surface area contributed by atoms with Crippen LogP contribution in [0.2, 0.25) is 0 Å². The number of nitrogens with one attached hydrogen (secondary N) is 2. The molecule has 0 spiro atoms. The van der Waals surface area contributed by atoms with E-state index in [-0.39, 0.29) is 11.7 Å². The van der Waals surface area contributed by atoms with Crippen LogP contribution in [0, 0.1) is 11.6 Å². The van der Waals surface area contributed by atoms with Gasteiger partial charge in [-0.3, -0.25) is 4.90 Å². The average molecular weight is 385 g/mol. The number of piperidine rings is 2. The van der Waals surface area contributed by atoms with Crippen LogP contribution in [0.3, 0.4) is 0 Å². The van der Waals surface area contributed by atoms with E-state index in [9.17, 15) is 13.6 Å². The van der Waals surface area contributed by atoms with Crippen molar-refractivity contribution in [1.82, 2.24) is 10.2 Å². The second-order valence-electron chi connectivity index (χ2n) is 7.79. The van der Waals surface area contributed by atoms with E-state index in [2.05, 4.69) is 39.8 Å². The number of hydrogen-bond donors (Lipinski definition) is 2. The van der Waals surface area contributed by atoms with E-state index in [0.717, 1.165) is 44.4 Å². The molecule has 2 aromatic rings. The average Bonchev–Trinajstić information content (AvgIpc) is 2.65. The van der Waals surface area contributed by atoms with E-state index in [4.69, 9.17) is 0 Å². The summed E-state index contributed by atoms with van der Waals surface area (Å²) < 4.78 is 26.8. The molecule has 6 heteroatoms. The third-order valence-corrected chi connectivity index (χ3v) is 5.85. The molecule has 2 saturated heterocycles. The SMILES string of the molecule is O=C(Nc1ccc(F)cc1F)NC1C[C@H]2CCC[C@@H](C1)N2Cc1ccccc1. The number of hydrogen-bond acceptors (Lipinski definition) is 2. The van der Waals surface area contributed by atoms with Crippen molar-refractivity contribution in [3.8, 4) is 0 Å². The van der Waals surface area contributed by atoms with Gasteiger partial charge < -0.3 is 10.6 Å². The molecule has 2 aliphatic heterocycles. The van der Waals surface area contributed by atoms with Crippen molar-refractivity contribution in [2.45, 2.75) is 56.8 Å². The minimum Gasteiger partial charge on any atom is -0.335 e. The summed E-state index contributed by atoms with van der Waals surface area (Å²) in [7, 11) is 0. The Morgan fingerprint density at radius 3 is 2.43 bits per heavy atom. The van der Waals surface area contributed by atoms with Gasteiger partial charge in [-0.2, -0.15) is 0 Å². The van der Waals surface area contributed by atoms with Crippen molar-refractivity contribution in [2.75, 3.05) is 5.32 Å². The normalized spacial score (nSPS) is 24.6. The molecule has 2 fully saturated rings. The highest BCUT2D eigenvalue weighted by molar-refractivity contribution is 5.89. The molecule has 0 aliphatic carbocycles. The zero-order valence-corrected chi connectivity index (χ0v) is 15.7. The first kappa shape index (κ1) is 18.9. The Hall–Kier alpha value is -2.47. The molecule has 28 heavy (non-hydrogen) atoms. The van der Waals surface area contributed by atoms with Crippen molar-refractivity contribution in [1.29, 1.82) is 0 Å². The Morgan fingerprint density at radius 2 is 1.75 bits per heavy atom. The van der Waals surface area contributed by atoms with Gasteiger partial charge in [0.2, 0.25) is 0 Å². The highest BCUT2D eigenvalue weighted by atomic mass is 19.1. The van der Waals surface area contributed by atoms with E-state index >= 15 is 0 Å². The van der Waals surface area contributed by atoms with Crippen molar-refractivity contribution in [3.05, 3.63) is 65.7 Å². The summed E-state index contributed by atoms with van der Waals surface area (Å²) in [6.45, 7) is 0.940. The second-order valence-corrected chi connectivity index (χ2v) is 7.79. The molecular formula is C22H25F2N3O. The number of urea groups is 1. The number of fused-ring (bicyclic) bond motifs is 2. The highest BCUT2D eigenvalue weighted by Crippen LogP contribution is 2.35. The van der Waals surface area contributed by atoms with Crippen LogP contribution in [0.4, 0.5) is 19.3 Å². The van der Waals surface area contributed by atoms with Crippen molar-refractivity contribution >= 4 is 11.7 Å². The number of carbonyl (C=O) groups excluding carboxylic acids is 1. The van der Waals surface area contributed by atoms with Gasteiger partial charge in [0.05, 0.1) is 5.69 Å². The predicted octanol–water partition coefficient (Wildman–Crippen LogP) is 4.67. The first-order chi connectivity index (χ1) is 13.6. The quantitative estimate of drug-likeness (QED) is 0.803. The van der Waals surface area contributed by atoms with E-state index < -0.39 is 17.7 Å². The molecule has 2 aliphatic rings. The number of amides is 2. The molecule has 2 bridgehead atoms. The minimum atomic E-state index is -0.773.